The predicted molar refractivity (Wildman–Crippen MR) is 303 cm³/mol. The van der Waals surface area contributed by atoms with Gasteiger partial charge in [0.1, 0.15) is 29.0 Å². The molecule has 1 amide bonds. The van der Waals surface area contributed by atoms with Gasteiger partial charge in [-0.1, -0.05) is 36.3 Å². The number of likely N-dealkylation sites (N-methyl/N-ethyl adjacent to an activating group) is 1. The summed E-state index contributed by atoms with van der Waals surface area (Å²) in [5.74, 6) is 1.20. The van der Waals surface area contributed by atoms with Gasteiger partial charge in [0.05, 0.1) is 5.56 Å². The minimum atomic E-state index is -2.96. The van der Waals surface area contributed by atoms with Crippen LogP contribution in [0.1, 0.15) is 70.3 Å². The zero-order valence-corrected chi connectivity index (χ0v) is 49.1. The van der Waals surface area contributed by atoms with Crippen LogP contribution in [0.4, 0.5) is 30.7 Å². The molecule has 404 valence electrons. The number of carbonyl (C=O) groups excluding carboxylic acids is 2. The predicted octanol–water partition coefficient (Wildman–Crippen LogP) is 9.33. The number of amides is 1. The van der Waals surface area contributed by atoms with Crippen molar-refractivity contribution in [2.75, 3.05) is 14.1 Å². The number of hydrogen-bond donors (Lipinski definition) is 3. The largest absolute Gasteiger partial charge is 2.00 e. The molecule has 0 bridgehead atoms. The first kappa shape index (κ1) is 72.6. The fourth-order valence-corrected chi connectivity index (χ4v) is 7.07. The number of aryl methyl sites for hydroxylation is 2. The Morgan fingerprint density at radius 1 is 0.776 bits per heavy atom. The molecular formula is C55H58BrF7I2MgN6O4. The molecule has 0 radical (unpaired) electrons. The van der Waals surface area contributed by atoms with E-state index in [0.717, 1.165) is 44.8 Å². The number of unbranched alkanes of at least 4 members (excludes halogenated alkanes) is 2. The van der Waals surface area contributed by atoms with Crippen LogP contribution >= 0.6 is 45.2 Å². The number of aldehydes is 1. The number of guanidine groups is 2. The maximum Gasteiger partial charge on any atom is 2.00 e. The van der Waals surface area contributed by atoms with Gasteiger partial charge in [0, 0.05) is 26.8 Å². The Hall–Kier alpha value is -5.42. The van der Waals surface area contributed by atoms with Crippen LogP contribution in [0.2, 0.25) is 0 Å². The number of hydrogen-bond acceptors (Lipinski definition) is 7. The van der Waals surface area contributed by atoms with E-state index in [9.17, 15) is 40.3 Å². The Morgan fingerprint density at radius 3 is 1.58 bits per heavy atom. The average molecular weight is 1360 g/mol. The minimum absolute atomic E-state index is 0. The second-order valence-electron chi connectivity index (χ2n) is 14.9. The van der Waals surface area contributed by atoms with Gasteiger partial charge in [0.15, 0.2) is 23.7 Å². The Labute approximate surface area is 494 Å². The van der Waals surface area contributed by atoms with Crippen molar-refractivity contribution in [2.45, 2.75) is 63.7 Å². The molecule has 1 aliphatic heterocycles. The number of nitrogens with zero attached hydrogens (tertiary/aromatic N) is 3. The van der Waals surface area contributed by atoms with Crippen LogP contribution in [-0.2, 0) is 23.2 Å². The number of nitrogens with two attached hydrogens (primary N) is 3. The molecule has 1 atom stereocenters. The Balaban J connectivity index is 0. The normalized spacial score (nSPS) is 12.6. The van der Waals surface area contributed by atoms with Gasteiger partial charge in [0.2, 0.25) is 0 Å². The number of aliphatic imine (C=N–C) groups is 2. The van der Waals surface area contributed by atoms with Gasteiger partial charge in [0.25, 0.3) is 5.91 Å². The number of ether oxygens (including phenoxy) is 2. The molecule has 21 heteroatoms. The second kappa shape index (κ2) is 39.9. The van der Waals surface area contributed by atoms with Crippen molar-refractivity contribution in [1.29, 1.82) is 0 Å². The molecule has 6 rings (SSSR count). The topological polar surface area (TPSA) is 159 Å². The van der Waals surface area contributed by atoms with E-state index in [2.05, 4.69) is 74.6 Å². The molecule has 0 aromatic heterocycles. The molecule has 0 saturated heterocycles. The van der Waals surface area contributed by atoms with E-state index in [1.165, 1.54) is 97.9 Å². The van der Waals surface area contributed by atoms with Crippen LogP contribution in [-0.4, -0.2) is 79.4 Å². The number of halogens is 10. The molecule has 0 saturated carbocycles. The average Bonchev–Trinajstić information content (AvgIpc) is 3.61. The molecule has 1 unspecified atom stereocenters. The van der Waals surface area contributed by atoms with Gasteiger partial charge in [-0.3, -0.25) is 19.5 Å². The van der Waals surface area contributed by atoms with E-state index in [4.69, 9.17) is 23.6 Å². The Bertz CT molecular complexity index is 2680. The van der Waals surface area contributed by atoms with Crippen LogP contribution < -0.4 is 43.7 Å². The molecule has 1 heterocycles. The Kier molecular flexibility index (Phi) is 38.1. The number of alkyl halides is 4. The van der Waals surface area contributed by atoms with Gasteiger partial charge in [-0.15, -0.1) is 32.2 Å². The van der Waals surface area contributed by atoms with E-state index < -0.39 is 30.5 Å². The van der Waals surface area contributed by atoms with Gasteiger partial charge in [-0.2, -0.15) is 24.0 Å². The second-order valence-corrected chi connectivity index (χ2v) is 17.4. The summed E-state index contributed by atoms with van der Waals surface area (Å²) in [6, 6.07) is 25.5. The fourth-order valence-electron chi connectivity index (χ4n) is 6.00. The summed E-state index contributed by atoms with van der Waals surface area (Å²) in [5.41, 5.74) is 16.9. The van der Waals surface area contributed by atoms with Crippen molar-refractivity contribution in [3.8, 4) is 23.8 Å². The number of allylic oxidation sites excluding steroid dienone is 3. The zero-order valence-electron chi connectivity index (χ0n) is 41.8. The summed E-state index contributed by atoms with van der Waals surface area (Å²) in [6.07, 6.45) is 16.4. The molecule has 5 aromatic carbocycles. The van der Waals surface area contributed by atoms with E-state index in [1.54, 1.807) is 30.4 Å². The molecule has 5 aromatic rings. The minimum Gasteiger partial charge on any atom is -1.00 e. The van der Waals surface area contributed by atoms with Gasteiger partial charge in [-0.25, -0.2) is 18.2 Å². The summed E-state index contributed by atoms with van der Waals surface area (Å²) < 4.78 is 98.7. The molecule has 76 heavy (non-hydrogen) atoms. The molecule has 0 spiro atoms. The standard InChI is InChI=1S/C22H22F3N3O2.C11H12FI.C9H6F2O.C7H4FIO.C4H7.C2H7N3.BrH.Mg/c1-3-4-5-6-14-13-16(9-12-18(14)23)22(19(29)28(2)21(26)27-22)15-7-10-17(11-8-15)30-20(24)25;1-2-3-4-5-9-8-10(13)6-7-11(9)12;1-2-7-3-5-8(6-4-7)12-9(10)11;8-7-2-1-6(9)3-5(7)4-10;1-3-4-2;1-5-2(3)4;;/h3,7-13,20H,1,4-6H2,2H3,(H2,26,27);2,6-8H,1,3-5H2;1,3-6,9H;1-4H;3H,1-2,4H2;1H3,(H4,3,4,5);1H;/q;;;;-1;;;+2/p-1. The monoisotopic (exact) mass is 1360 g/mol. The summed E-state index contributed by atoms with van der Waals surface area (Å²) in [6.45, 7) is 8.45. The molecule has 6 N–H and O–H groups in total. The van der Waals surface area contributed by atoms with Crippen molar-refractivity contribution in [3.63, 3.8) is 0 Å². The molecule has 0 aliphatic carbocycles. The smallest absolute Gasteiger partial charge is 1.00 e. The van der Waals surface area contributed by atoms with Crippen molar-refractivity contribution >= 4 is 92.3 Å². The zero-order chi connectivity index (χ0) is 55.8. The van der Waals surface area contributed by atoms with Crippen LogP contribution in [0.5, 0.6) is 11.5 Å². The number of carbonyl (C=O) groups is 2. The quantitative estimate of drug-likeness (QED) is 0.00849. The third-order valence-corrected chi connectivity index (χ3v) is 11.1. The maximum absolute atomic E-state index is 14.4. The number of benzene rings is 5. The van der Waals surface area contributed by atoms with Crippen LogP contribution in [0.15, 0.2) is 151 Å². The first-order valence-corrected chi connectivity index (χ1v) is 24.3. The summed E-state index contributed by atoms with van der Waals surface area (Å²) in [7, 11) is 3.03. The fraction of sp³-hybridized carbons (Fsp3) is 0.218. The van der Waals surface area contributed by atoms with E-state index in [1.807, 2.05) is 34.7 Å². The number of terminal acetylenes is 1. The van der Waals surface area contributed by atoms with Gasteiger partial charge < -0.3 is 50.6 Å². The molecule has 1 aliphatic rings. The van der Waals surface area contributed by atoms with Gasteiger partial charge in [-0.05, 0) is 191 Å². The first-order chi connectivity index (χ1) is 35.2. The van der Waals surface area contributed by atoms with Crippen LogP contribution in [0.25, 0.3) is 0 Å². The van der Waals surface area contributed by atoms with Crippen LogP contribution in [0.3, 0.4) is 0 Å². The maximum atomic E-state index is 14.4. The Morgan fingerprint density at radius 2 is 1.20 bits per heavy atom. The van der Waals surface area contributed by atoms with E-state index in [-0.39, 0.29) is 80.7 Å². The summed E-state index contributed by atoms with van der Waals surface area (Å²) >= 11 is 4.22. The first-order valence-electron chi connectivity index (χ1n) is 22.1. The third kappa shape index (κ3) is 26.1. The van der Waals surface area contributed by atoms with Gasteiger partial charge >= 0.3 is 36.3 Å². The van der Waals surface area contributed by atoms with E-state index in [0.29, 0.717) is 41.4 Å². The molecule has 10 nitrogen and oxygen atoms in total. The van der Waals surface area contributed by atoms with Crippen molar-refractivity contribution < 1.29 is 66.8 Å². The molecule has 0 fully saturated rings. The third-order valence-electron chi connectivity index (χ3n) is 9.71. The SMILES string of the molecule is C#Cc1ccc(OC(F)F)cc1.C=CCCCc1cc(C2(c3ccc(OC(F)F)cc3)N=C(N)N(C)C2=O)ccc1F.C=CCCCc1cc(I)ccc1F.C=CC[CH2-].CN=C(N)N.O=Cc1cc(I)ccc1F.[Br-].[Mg+2]. The summed E-state index contributed by atoms with van der Waals surface area (Å²) in [4.78, 5) is 32.4. The van der Waals surface area contributed by atoms with Crippen molar-refractivity contribution in [1.82, 2.24) is 4.90 Å². The molecular weight excluding hydrogens is 1300 g/mol. The summed E-state index contributed by atoms with van der Waals surface area (Å²) in [5, 5.41) is 0. The number of rotatable bonds is 16. The van der Waals surface area contributed by atoms with E-state index >= 15 is 0 Å². The van der Waals surface area contributed by atoms with Crippen molar-refractivity contribution in [2.24, 2.45) is 27.2 Å². The van der Waals surface area contributed by atoms with Crippen molar-refractivity contribution in [3.05, 3.63) is 206 Å². The van der Waals surface area contributed by atoms with Crippen LogP contribution in [0, 0.1) is 43.9 Å².